The Labute approximate surface area is 172 Å². The van der Waals surface area contributed by atoms with Crippen LogP contribution in [-0.2, 0) is 20.9 Å². The van der Waals surface area contributed by atoms with Gasteiger partial charge in [-0.05, 0) is 44.5 Å². The zero-order chi connectivity index (χ0) is 22.3. The van der Waals surface area contributed by atoms with Gasteiger partial charge in [-0.2, -0.15) is 0 Å². The lowest BCUT2D eigenvalue weighted by Crippen LogP contribution is -2.42. The molecule has 0 spiro atoms. The second kappa shape index (κ2) is 10.1. The summed E-state index contributed by atoms with van der Waals surface area (Å²) in [6.45, 7) is 5.22. The van der Waals surface area contributed by atoms with Crippen molar-refractivity contribution in [2.75, 3.05) is 7.11 Å². The first-order valence-electron chi connectivity index (χ1n) is 8.92. The van der Waals surface area contributed by atoms with Crippen molar-refractivity contribution in [3.63, 3.8) is 0 Å². The molecule has 0 aliphatic rings. The van der Waals surface area contributed by atoms with E-state index in [1.165, 1.54) is 20.1 Å². The molecule has 10 heteroatoms. The van der Waals surface area contributed by atoms with E-state index >= 15 is 0 Å². The smallest absolute Gasteiger partial charge is 0.331 e. The van der Waals surface area contributed by atoms with Gasteiger partial charge >= 0.3 is 12.0 Å². The molecule has 0 saturated carbocycles. The summed E-state index contributed by atoms with van der Waals surface area (Å²) in [5.74, 6) is 0.0780. The molecule has 0 radical (unpaired) electrons. The molecular formula is C20H23N3O7. The van der Waals surface area contributed by atoms with E-state index in [-0.39, 0.29) is 6.61 Å². The van der Waals surface area contributed by atoms with Crippen molar-refractivity contribution in [3.05, 3.63) is 46.9 Å². The second-order valence-electron chi connectivity index (χ2n) is 6.27. The van der Waals surface area contributed by atoms with Crippen LogP contribution in [0.3, 0.4) is 0 Å². The maximum absolute atomic E-state index is 11.9. The molecule has 0 bridgehead atoms. The quantitative estimate of drug-likeness (QED) is 0.490. The van der Waals surface area contributed by atoms with Crippen LogP contribution >= 0.6 is 0 Å². The summed E-state index contributed by atoms with van der Waals surface area (Å²) >= 11 is 0. The Morgan fingerprint density at radius 2 is 2.00 bits per heavy atom. The monoisotopic (exact) mass is 417 g/mol. The van der Waals surface area contributed by atoms with Gasteiger partial charge in [-0.25, -0.2) is 9.59 Å². The minimum Gasteiger partial charge on any atom is -0.493 e. The fourth-order valence-electron chi connectivity index (χ4n) is 2.42. The number of urea groups is 1. The molecule has 0 aliphatic carbocycles. The summed E-state index contributed by atoms with van der Waals surface area (Å²) in [6.07, 6.45) is 1.46. The number of hydrogen-bond donors (Lipinski definition) is 2. The van der Waals surface area contributed by atoms with Crippen LogP contribution in [0.2, 0.25) is 0 Å². The number of imide groups is 1. The molecule has 1 unspecified atom stereocenters. The number of methoxy groups -OCH3 is 1. The van der Waals surface area contributed by atoms with Crippen LogP contribution in [0, 0.1) is 13.8 Å². The molecule has 3 N–H and O–H groups in total. The van der Waals surface area contributed by atoms with Gasteiger partial charge in [0.05, 0.1) is 18.4 Å². The number of primary amides is 1. The standard InChI is InChI=1S/C20H23N3O7/c1-11-15(12(2)30-23-11)10-28-16-7-5-14(9-17(16)27-4)6-8-18(24)29-13(3)19(25)22-20(21)26/h5-9,13H,10H2,1-4H3,(H3,21,22,25,26)/b8-6+. The highest BCUT2D eigenvalue weighted by Gasteiger charge is 2.17. The van der Waals surface area contributed by atoms with Gasteiger partial charge in [0.25, 0.3) is 5.91 Å². The molecule has 30 heavy (non-hydrogen) atoms. The minimum absolute atomic E-state index is 0.268. The molecule has 0 fully saturated rings. The lowest BCUT2D eigenvalue weighted by atomic mass is 10.2. The first-order chi connectivity index (χ1) is 14.2. The molecule has 1 aromatic heterocycles. The van der Waals surface area contributed by atoms with Gasteiger partial charge < -0.3 is 24.5 Å². The maximum Gasteiger partial charge on any atom is 0.331 e. The minimum atomic E-state index is -1.18. The number of hydrogen-bond acceptors (Lipinski definition) is 8. The topological polar surface area (TPSA) is 143 Å². The third kappa shape index (κ3) is 6.09. The molecule has 3 amide bonds. The van der Waals surface area contributed by atoms with E-state index in [4.69, 9.17) is 24.5 Å². The van der Waals surface area contributed by atoms with E-state index in [2.05, 4.69) is 5.16 Å². The Bertz CT molecular complexity index is 946. The Balaban J connectivity index is 2.00. The number of benzene rings is 1. The van der Waals surface area contributed by atoms with Crippen molar-refractivity contribution >= 4 is 24.0 Å². The molecule has 160 valence electrons. The van der Waals surface area contributed by atoms with Crippen LogP contribution in [0.15, 0.2) is 28.8 Å². The molecular weight excluding hydrogens is 394 g/mol. The van der Waals surface area contributed by atoms with Crippen molar-refractivity contribution in [3.8, 4) is 11.5 Å². The number of aryl methyl sites for hydroxylation is 2. The zero-order valence-corrected chi connectivity index (χ0v) is 17.1. The molecule has 1 atom stereocenters. The van der Waals surface area contributed by atoms with E-state index in [1.54, 1.807) is 25.1 Å². The Hall–Kier alpha value is -3.82. The van der Waals surface area contributed by atoms with Crippen molar-refractivity contribution in [2.45, 2.75) is 33.5 Å². The highest BCUT2D eigenvalue weighted by Crippen LogP contribution is 2.30. The van der Waals surface area contributed by atoms with E-state index in [1.807, 2.05) is 12.2 Å². The SMILES string of the molecule is COc1cc(/C=C/C(=O)OC(C)C(=O)NC(N)=O)ccc1OCc1c(C)noc1C. The van der Waals surface area contributed by atoms with Gasteiger partial charge in [-0.1, -0.05) is 11.2 Å². The fraction of sp³-hybridized carbons (Fsp3) is 0.300. The van der Waals surface area contributed by atoms with E-state index in [0.717, 1.165) is 17.3 Å². The van der Waals surface area contributed by atoms with Crippen LogP contribution in [-0.4, -0.2) is 36.3 Å². The number of ether oxygens (including phenoxy) is 3. The van der Waals surface area contributed by atoms with Crippen molar-refractivity contribution in [1.29, 1.82) is 0 Å². The average molecular weight is 417 g/mol. The van der Waals surface area contributed by atoms with Gasteiger partial charge in [-0.3, -0.25) is 10.1 Å². The van der Waals surface area contributed by atoms with Gasteiger partial charge in [0.1, 0.15) is 12.4 Å². The lowest BCUT2D eigenvalue weighted by Gasteiger charge is -2.11. The van der Waals surface area contributed by atoms with Crippen LogP contribution in [0.4, 0.5) is 4.79 Å². The number of nitrogens with zero attached hydrogens (tertiary/aromatic N) is 1. The predicted octanol–water partition coefficient (Wildman–Crippen LogP) is 2.02. The van der Waals surface area contributed by atoms with Crippen LogP contribution in [0.5, 0.6) is 11.5 Å². The normalized spacial score (nSPS) is 11.7. The Morgan fingerprint density at radius 1 is 1.27 bits per heavy atom. The van der Waals surface area contributed by atoms with E-state index in [0.29, 0.717) is 22.8 Å². The number of nitrogens with two attached hydrogens (primary N) is 1. The third-order valence-corrected chi connectivity index (χ3v) is 4.06. The maximum atomic E-state index is 11.9. The van der Waals surface area contributed by atoms with Gasteiger partial charge in [-0.15, -0.1) is 0 Å². The summed E-state index contributed by atoms with van der Waals surface area (Å²) in [4.78, 5) is 34.0. The number of aromatic nitrogens is 1. The molecule has 10 nitrogen and oxygen atoms in total. The van der Waals surface area contributed by atoms with Gasteiger partial charge in [0, 0.05) is 6.08 Å². The first kappa shape index (κ1) is 22.5. The Morgan fingerprint density at radius 3 is 2.60 bits per heavy atom. The largest absolute Gasteiger partial charge is 0.493 e. The summed E-state index contributed by atoms with van der Waals surface area (Å²) < 4.78 is 21.2. The van der Waals surface area contributed by atoms with E-state index in [9.17, 15) is 14.4 Å². The molecule has 2 aromatic rings. The number of rotatable bonds is 8. The van der Waals surface area contributed by atoms with Crippen molar-refractivity contribution in [2.24, 2.45) is 5.73 Å². The van der Waals surface area contributed by atoms with Gasteiger partial charge in [0.15, 0.2) is 17.6 Å². The molecule has 2 rings (SSSR count). The van der Waals surface area contributed by atoms with Crippen molar-refractivity contribution in [1.82, 2.24) is 10.5 Å². The van der Waals surface area contributed by atoms with Crippen LogP contribution < -0.4 is 20.5 Å². The number of carbonyl (C=O) groups excluding carboxylic acids is 3. The molecule has 0 aliphatic heterocycles. The summed E-state index contributed by atoms with van der Waals surface area (Å²) in [5, 5.41) is 5.71. The third-order valence-electron chi connectivity index (χ3n) is 4.06. The van der Waals surface area contributed by atoms with Crippen LogP contribution in [0.1, 0.15) is 29.5 Å². The average Bonchev–Trinajstić information content (AvgIpc) is 3.02. The number of amides is 3. The van der Waals surface area contributed by atoms with Crippen LogP contribution in [0.25, 0.3) is 6.08 Å². The Kier molecular flexibility index (Phi) is 7.56. The molecule has 1 heterocycles. The number of carbonyl (C=O) groups is 3. The van der Waals surface area contributed by atoms with E-state index < -0.39 is 24.0 Å². The highest BCUT2D eigenvalue weighted by molar-refractivity contribution is 5.97. The van der Waals surface area contributed by atoms with Gasteiger partial charge in [0.2, 0.25) is 0 Å². The lowest BCUT2D eigenvalue weighted by molar-refractivity contribution is -0.149. The number of esters is 1. The summed E-state index contributed by atoms with van der Waals surface area (Å²) in [5.41, 5.74) is 7.10. The first-order valence-corrected chi connectivity index (χ1v) is 8.92. The fourth-order valence-corrected chi connectivity index (χ4v) is 2.42. The predicted molar refractivity (Wildman–Crippen MR) is 106 cm³/mol. The summed E-state index contributed by atoms with van der Waals surface area (Å²) in [6, 6.07) is 4.07. The molecule has 0 saturated heterocycles. The number of nitrogens with one attached hydrogen (secondary N) is 1. The second-order valence-corrected chi connectivity index (χ2v) is 6.27. The summed E-state index contributed by atoms with van der Waals surface area (Å²) in [7, 11) is 1.50. The van der Waals surface area contributed by atoms with Crippen molar-refractivity contribution < 1.29 is 33.1 Å². The highest BCUT2D eigenvalue weighted by atomic mass is 16.5. The molecule has 1 aromatic carbocycles. The zero-order valence-electron chi connectivity index (χ0n) is 17.1.